The second-order valence-electron chi connectivity index (χ2n) is 19.4. The minimum Gasteiger partial charge on any atom is -0.310 e. The fourth-order valence-corrected chi connectivity index (χ4v) is 11.4. The predicted octanol–water partition coefficient (Wildman–Crippen LogP) is 18.3. The first-order valence-corrected chi connectivity index (χ1v) is 25.7. The Bertz CT molecular complexity index is 4630. The van der Waals surface area contributed by atoms with Gasteiger partial charge in [0.2, 0.25) is 5.95 Å². The third-order valence-corrected chi connectivity index (χ3v) is 14.9. The van der Waals surface area contributed by atoms with Crippen molar-refractivity contribution >= 4 is 93.3 Å². The summed E-state index contributed by atoms with van der Waals surface area (Å²) in [5.41, 5.74) is 16.4. The molecular weight excluding hydrogens is 925 g/mol. The maximum Gasteiger partial charge on any atom is 0.235 e. The maximum atomic E-state index is 5.83. The van der Waals surface area contributed by atoms with Crippen molar-refractivity contribution in [2.24, 2.45) is 0 Å². The van der Waals surface area contributed by atoms with E-state index in [4.69, 9.17) is 19.9 Å². The summed E-state index contributed by atoms with van der Waals surface area (Å²) in [6, 6.07) is 94.4. The lowest BCUT2D eigenvalue weighted by atomic mass is 9.94. The number of para-hydroxylation sites is 2. The summed E-state index contributed by atoms with van der Waals surface area (Å²) in [5, 5.41) is 8.73. The van der Waals surface area contributed by atoms with Gasteiger partial charge < -0.3 is 4.90 Å². The molecule has 0 aliphatic heterocycles. The van der Waals surface area contributed by atoms with E-state index in [2.05, 4.69) is 276 Å². The molecule has 0 bridgehead atoms. The van der Waals surface area contributed by atoms with Gasteiger partial charge in [0.05, 0.1) is 44.5 Å². The van der Waals surface area contributed by atoms with Crippen molar-refractivity contribution in [3.63, 3.8) is 0 Å². The van der Waals surface area contributed by atoms with Gasteiger partial charge in [-0.15, -0.1) is 0 Å². The molecule has 0 fully saturated rings. The largest absolute Gasteiger partial charge is 0.310 e. The highest BCUT2D eigenvalue weighted by atomic mass is 15.2. The minimum absolute atomic E-state index is 0.564. The Balaban J connectivity index is 1.04. The maximum absolute atomic E-state index is 5.83. The van der Waals surface area contributed by atoms with Gasteiger partial charge in [-0.3, -0.25) is 4.57 Å². The molecule has 0 atom stereocenters. The van der Waals surface area contributed by atoms with Crippen LogP contribution >= 0.6 is 0 Å². The predicted molar refractivity (Wildman–Crippen MR) is 316 cm³/mol. The number of fused-ring (bicyclic) bond motifs is 12. The quantitative estimate of drug-likeness (QED) is 0.112. The molecule has 0 spiro atoms. The molecule has 0 saturated carbocycles. The molecule has 15 aromatic rings. The molecule has 3 heterocycles. The van der Waals surface area contributed by atoms with Crippen molar-refractivity contribution in [3.05, 3.63) is 267 Å². The van der Waals surface area contributed by atoms with Gasteiger partial charge >= 0.3 is 0 Å². The second kappa shape index (κ2) is 17.7. The Morgan fingerprint density at radius 1 is 0.289 bits per heavy atom. The fourth-order valence-electron chi connectivity index (χ4n) is 11.4. The van der Waals surface area contributed by atoms with E-state index < -0.39 is 0 Å². The Morgan fingerprint density at radius 3 is 1.49 bits per heavy atom. The summed E-state index contributed by atoms with van der Waals surface area (Å²) >= 11 is 0. The number of anilines is 3. The van der Waals surface area contributed by atoms with Gasteiger partial charge in [-0.05, 0) is 105 Å². The zero-order valence-corrected chi connectivity index (χ0v) is 41.1. The van der Waals surface area contributed by atoms with Gasteiger partial charge in [0, 0.05) is 55.3 Å². The average molecular weight is 969 g/mol. The third kappa shape index (κ3) is 7.11. The zero-order valence-electron chi connectivity index (χ0n) is 41.1. The smallest absolute Gasteiger partial charge is 0.235 e. The SMILES string of the molecule is c1ccc(-c2nc(-n3c4ccc(-c5ccc6ccccc6c5)cc4c4c5nc6c7ccc(N(c8ccccc8)c8ccccc8)cc7c7ccccc7c6nc5ccc43)nc(-c3ccccc3)c2-c2ccccc2)cc1. The molecule has 0 radical (unpaired) electrons. The van der Waals surface area contributed by atoms with Gasteiger partial charge in [-0.25, -0.2) is 19.9 Å². The molecule has 6 heteroatoms. The van der Waals surface area contributed by atoms with Gasteiger partial charge in [0.15, 0.2) is 0 Å². The zero-order chi connectivity index (χ0) is 50.1. The molecule has 76 heavy (non-hydrogen) atoms. The molecular formula is C70H44N6. The molecule has 0 unspecified atom stereocenters. The number of nitrogens with zero attached hydrogens (tertiary/aromatic N) is 6. The molecule has 0 aliphatic rings. The summed E-state index contributed by atoms with van der Waals surface area (Å²) in [6.07, 6.45) is 0. The molecule has 0 saturated heterocycles. The lowest BCUT2D eigenvalue weighted by molar-refractivity contribution is 0.997. The Labute approximate surface area is 438 Å². The van der Waals surface area contributed by atoms with Crippen LogP contribution in [0.3, 0.4) is 0 Å². The summed E-state index contributed by atoms with van der Waals surface area (Å²) in [4.78, 5) is 25.0. The van der Waals surface area contributed by atoms with Crippen molar-refractivity contribution in [1.29, 1.82) is 0 Å². The number of aromatic nitrogens is 5. The molecule has 0 N–H and O–H groups in total. The number of hydrogen-bond donors (Lipinski definition) is 0. The van der Waals surface area contributed by atoms with E-state index in [1.54, 1.807) is 0 Å². The second-order valence-corrected chi connectivity index (χ2v) is 19.4. The molecule has 0 amide bonds. The van der Waals surface area contributed by atoms with Gasteiger partial charge in [0.1, 0.15) is 0 Å². The topological polar surface area (TPSA) is 59.7 Å². The van der Waals surface area contributed by atoms with Gasteiger partial charge in [0.25, 0.3) is 0 Å². The van der Waals surface area contributed by atoms with Crippen LogP contribution in [0.25, 0.3) is 127 Å². The highest BCUT2D eigenvalue weighted by Crippen LogP contribution is 2.45. The van der Waals surface area contributed by atoms with E-state index in [9.17, 15) is 0 Å². The first-order chi connectivity index (χ1) is 37.7. The highest BCUT2D eigenvalue weighted by Gasteiger charge is 2.25. The summed E-state index contributed by atoms with van der Waals surface area (Å²) in [6.45, 7) is 0. The van der Waals surface area contributed by atoms with Crippen LogP contribution in [-0.2, 0) is 0 Å². The summed E-state index contributed by atoms with van der Waals surface area (Å²) in [5.74, 6) is 0.564. The van der Waals surface area contributed by atoms with Crippen LogP contribution in [0.4, 0.5) is 17.1 Å². The van der Waals surface area contributed by atoms with E-state index in [1.807, 2.05) is 0 Å². The van der Waals surface area contributed by atoms with Crippen LogP contribution in [0.2, 0.25) is 0 Å². The fraction of sp³-hybridized carbons (Fsp3) is 0. The van der Waals surface area contributed by atoms with E-state index >= 15 is 0 Å². The number of rotatable bonds is 8. The molecule has 6 nitrogen and oxygen atoms in total. The Kier molecular flexibility index (Phi) is 10.1. The summed E-state index contributed by atoms with van der Waals surface area (Å²) < 4.78 is 2.24. The molecule has 0 aliphatic carbocycles. The van der Waals surface area contributed by atoms with Crippen LogP contribution in [0.5, 0.6) is 0 Å². The highest BCUT2D eigenvalue weighted by molar-refractivity contribution is 6.27. The van der Waals surface area contributed by atoms with Crippen molar-refractivity contribution in [2.75, 3.05) is 4.90 Å². The van der Waals surface area contributed by atoms with E-state index in [-0.39, 0.29) is 0 Å². The lowest BCUT2D eigenvalue weighted by Crippen LogP contribution is -2.09. The molecule has 12 aromatic carbocycles. The van der Waals surface area contributed by atoms with Crippen LogP contribution in [0.15, 0.2) is 267 Å². The Morgan fingerprint density at radius 2 is 0.816 bits per heavy atom. The lowest BCUT2D eigenvalue weighted by Gasteiger charge is -2.26. The van der Waals surface area contributed by atoms with Crippen LogP contribution in [0.1, 0.15) is 0 Å². The van der Waals surface area contributed by atoms with Crippen molar-refractivity contribution in [1.82, 2.24) is 24.5 Å². The Hall–Kier alpha value is -10.3. The third-order valence-electron chi connectivity index (χ3n) is 14.9. The van der Waals surface area contributed by atoms with Crippen LogP contribution in [0, 0.1) is 0 Å². The van der Waals surface area contributed by atoms with E-state index in [0.717, 1.165) is 127 Å². The van der Waals surface area contributed by atoms with E-state index in [1.165, 1.54) is 10.8 Å². The molecule has 15 rings (SSSR count). The standard InChI is InChI=1S/C70H44N6/c1-6-21-46(22-7-1)63-65(47-23-8-2-9-24-47)73-70(74-66(63)48-25-10-3-11-26-48)76-61-40-36-51(50-35-34-45-20-16-17-27-49(45)42-50)43-59(61)64-62(76)41-39-60-69(64)72-68-57-38-37-54(44-58(57)55-32-18-19-33-56(55)67(68)71-60)75(52-28-12-4-13-29-52)53-30-14-5-15-31-53/h1-44H. The van der Waals surface area contributed by atoms with Gasteiger partial charge in [-0.2, -0.15) is 0 Å². The van der Waals surface area contributed by atoms with Crippen molar-refractivity contribution in [2.45, 2.75) is 0 Å². The number of hydrogen-bond acceptors (Lipinski definition) is 5. The first kappa shape index (κ1) is 43.3. The number of benzene rings is 12. The monoisotopic (exact) mass is 968 g/mol. The van der Waals surface area contributed by atoms with Crippen LogP contribution in [-0.4, -0.2) is 24.5 Å². The molecule has 3 aromatic heterocycles. The van der Waals surface area contributed by atoms with Crippen molar-refractivity contribution < 1.29 is 0 Å². The average Bonchev–Trinajstić information content (AvgIpc) is 3.87. The molecule has 354 valence electrons. The van der Waals surface area contributed by atoms with Crippen molar-refractivity contribution in [3.8, 4) is 50.7 Å². The van der Waals surface area contributed by atoms with Crippen LogP contribution < -0.4 is 4.90 Å². The minimum atomic E-state index is 0.564. The van der Waals surface area contributed by atoms with Gasteiger partial charge in [-0.1, -0.05) is 200 Å². The summed E-state index contributed by atoms with van der Waals surface area (Å²) in [7, 11) is 0. The normalized spacial score (nSPS) is 11.7. The van der Waals surface area contributed by atoms with E-state index in [0.29, 0.717) is 5.95 Å². The first-order valence-electron chi connectivity index (χ1n) is 25.7.